The van der Waals surface area contributed by atoms with Gasteiger partial charge in [-0.1, -0.05) is 30.0 Å². The monoisotopic (exact) mass is 344 g/mol. The molecular formula is C16H16N4OS2. The Kier molecular flexibility index (Phi) is 4.78. The molecule has 0 saturated carbocycles. The van der Waals surface area contributed by atoms with Gasteiger partial charge in [-0.2, -0.15) is 5.10 Å². The van der Waals surface area contributed by atoms with Crippen molar-refractivity contribution in [3.63, 3.8) is 0 Å². The lowest BCUT2D eigenvalue weighted by molar-refractivity contribution is -0.118. The molecule has 2 aromatic heterocycles. The number of aryl methyl sites for hydroxylation is 1. The van der Waals surface area contributed by atoms with Crippen LogP contribution in [-0.4, -0.2) is 26.9 Å². The lowest BCUT2D eigenvalue weighted by Gasteiger charge is -2.02. The van der Waals surface area contributed by atoms with Crippen LogP contribution < -0.4 is 5.43 Å². The topological polar surface area (TPSA) is 59.3 Å². The van der Waals surface area contributed by atoms with Gasteiger partial charge in [0.1, 0.15) is 0 Å². The second-order valence-corrected chi connectivity index (χ2v) is 6.83. The number of amides is 1. The number of rotatable bonds is 5. The molecule has 0 aliphatic heterocycles. The molecule has 1 amide bonds. The lowest BCUT2D eigenvalue weighted by atomic mass is 10.3. The zero-order valence-electron chi connectivity index (χ0n) is 12.8. The minimum Gasteiger partial charge on any atom is -0.322 e. The van der Waals surface area contributed by atoms with E-state index in [4.69, 9.17) is 0 Å². The Bertz CT molecular complexity index is 852. The maximum atomic E-state index is 11.9. The molecule has 1 N–H and O–H groups in total. The lowest BCUT2D eigenvalue weighted by Crippen LogP contribution is -2.21. The maximum Gasteiger partial charge on any atom is 0.250 e. The first kappa shape index (κ1) is 15.8. The predicted octanol–water partition coefficient (Wildman–Crippen LogP) is 3.27. The van der Waals surface area contributed by atoms with E-state index in [0.717, 1.165) is 26.8 Å². The maximum absolute atomic E-state index is 11.9. The first-order valence-electron chi connectivity index (χ1n) is 7.06. The van der Waals surface area contributed by atoms with Gasteiger partial charge >= 0.3 is 0 Å². The van der Waals surface area contributed by atoms with Crippen LogP contribution in [0.4, 0.5) is 0 Å². The molecule has 1 aromatic carbocycles. The number of para-hydroxylation sites is 2. The number of thioether (sulfide) groups is 1. The summed E-state index contributed by atoms with van der Waals surface area (Å²) in [6.07, 6.45) is 0. The highest BCUT2D eigenvalue weighted by Crippen LogP contribution is 2.22. The highest BCUT2D eigenvalue weighted by molar-refractivity contribution is 7.99. The molecule has 2 heterocycles. The van der Waals surface area contributed by atoms with Crippen molar-refractivity contribution in [2.75, 3.05) is 5.75 Å². The first-order chi connectivity index (χ1) is 11.1. The summed E-state index contributed by atoms with van der Waals surface area (Å²) >= 11 is 3.00. The fourth-order valence-corrected chi connectivity index (χ4v) is 3.56. The van der Waals surface area contributed by atoms with Gasteiger partial charge in [0.05, 0.1) is 22.5 Å². The minimum absolute atomic E-state index is 0.141. The predicted molar refractivity (Wildman–Crippen MR) is 96.1 cm³/mol. The molecule has 0 atom stereocenters. The molecule has 0 aliphatic rings. The molecular weight excluding hydrogens is 328 g/mol. The van der Waals surface area contributed by atoms with E-state index in [1.54, 1.807) is 11.3 Å². The van der Waals surface area contributed by atoms with Gasteiger partial charge in [-0.05, 0) is 30.5 Å². The number of nitrogens with one attached hydrogen (secondary N) is 1. The summed E-state index contributed by atoms with van der Waals surface area (Å²) in [6.45, 7) is 1.88. The summed E-state index contributed by atoms with van der Waals surface area (Å²) in [5.74, 6) is 0.135. The molecule has 0 bridgehead atoms. The van der Waals surface area contributed by atoms with Crippen molar-refractivity contribution in [3.05, 3.63) is 46.7 Å². The van der Waals surface area contributed by atoms with E-state index in [2.05, 4.69) is 15.5 Å². The number of carbonyl (C=O) groups excluding carboxylic acids is 1. The number of fused-ring (bicyclic) bond motifs is 1. The van der Waals surface area contributed by atoms with Crippen molar-refractivity contribution >= 4 is 45.8 Å². The van der Waals surface area contributed by atoms with E-state index >= 15 is 0 Å². The molecule has 0 radical (unpaired) electrons. The van der Waals surface area contributed by atoms with Crippen LogP contribution in [-0.2, 0) is 11.8 Å². The number of carbonyl (C=O) groups is 1. The summed E-state index contributed by atoms with van der Waals surface area (Å²) < 4.78 is 1.99. The van der Waals surface area contributed by atoms with Gasteiger partial charge in [0, 0.05) is 11.9 Å². The molecule has 23 heavy (non-hydrogen) atoms. The molecule has 5 nitrogen and oxygen atoms in total. The molecule has 3 aromatic rings. The van der Waals surface area contributed by atoms with Crippen LogP contribution in [0, 0.1) is 0 Å². The van der Waals surface area contributed by atoms with E-state index in [1.165, 1.54) is 11.8 Å². The molecule has 0 saturated heterocycles. The Labute approximate surface area is 142 Å². The SMILES string of the molecule is C/C(=N\NC(=O)CSc1nc2ccccc2n1C)c1cccs1. The zero-order valence-corrected chi connectivity index (χ0v) is 14.4. The smallest absolute Gasteiger partial charge is 0.250 e. The number of nitrogens with zero attached hydrogens (tertiary/aromatic N) is 3. The van der Waals surface area contributed by atoms with Gasteiger partial charge in [-0.25, -0.2) is 10.4 Å². The molecule has 3 rings (SSSR count). The van der Waals surface area contributed by atoms with Gasteiger partial charge in [0.2, 0.25) is 0 Å². The van der Waals surface area contributed by atoms with Crippen molar-refractivity contribution in [2.24, 2.45) is 12.1 Å². The number of hydrogen-bond donors (Lipinski definition) is 1. The second kappa shape index (κ2) is 6.97. The summed E-state index contributed by atoms with van der Waals surface area (Å²) in [5.41, 5.74) is 5.39. The number of imidazole rings is 1. The van der Waals surface area contributed by atoms with Crippen LogP contribution in [0.5, 0.6) is 0 Å². The molecule has 0 fully saturated rings. The minimum atomic E-state index is -0.141. The number of benzene rings is 1. The van der Waals surface area contributed by atoms with Gasteiger partial charge in [-0.15, -0.1) is 11.3 Å². The van der Waals surface area contributed by atoms with Crippen LogP contribution in [0.25, 0.3) is 11.0 Å². The third kappa shape index (κ3) is 3.62. The molecule has 0 unspecified atom stereocenters. The number of hydrazone groups is 1. The summed E-state index contributed by atoms with van der Waals surface area (Å²) in [6, 6.07) is 11.9. The van der Waals surface area contributed by atoms with E-state index in [-0.39, 0.29) is 11.7 Å². The fraction of sp³-hybridized carbons (Fsp3) is 0.188. The average Bonchev–Trinajstić information content (AvgIpc) is 3.20. The summed E-state index contributed by atoms with van der Waals surface area (Å²) in [7, 11) is 1.95. The first-order valence-corrected chi connectivity index (χ1v) is 8.93. The standard InChI is InChI=1S/C16H16N4OS2/c1-11(14-8-5-9-22-14)18-19-15(21)10-23-16-17-12-6-3-4-7-13(12)20(16)2/h3-9H,10H2,1-2H3,(H,19,21)/b18-11+. The van der Waals surface area contributed by atoms with Gasteiger partial charge in [0.25, 0.3) is 5.91 Å². The Hall–Kier alpha value is -2.12. The van der Waals surface area contributed by atoms with Crippen LogP contribution in [0.1, 0.15) is 11.8 Å². The van der Waals surface area contributed by atoms with Crippen molar-refractivity contribution in [1.82, 2.24) is 15.0 Å². The van der Waals surface area contributed by atoms with Gasteiger partial charge in [-0.3, -0.25) is 4.79 Å². The van der Waals surface area contributed by atoms with E-state index in [1.807, 2.05) is 60.3 Å². The fourth-order valence-electron chi connectivity index (χ4n) is 2.10. The highest BCUT2D eigenvalue weighted by Gasteiger charge is 2.10. The normalized spacial score (nSPS) is 11.8. The van der Waals surface area contributed by atoms with Crippen molar-refractivity contribution in [3.8, 4) is 0 Å². The molecule has 7 heteroatoms. The van der Waals surface area contributed by atoms with E-state index in [9.17, 15) is 4.79 Å². The van der Waals surface area contributed by atoms with Crippen LogP contribution in [0.2, 0.25) is 0 Å². The Morgan fingerprint density at radius 2 is 2.17 bits per heavy atom. The second-order valence-electron chi connectivity index (χ2n) is 4.94. The zero-order chi connectivity index (χ0) is 16.2. The van der Waals surface area contributed by atoms with Crippen molar-refractivity contribution in [2.45, 2.75) is 12.1 Å². The number of hydrogen-bond acceptors (Lipinski definition) is 5. The molecule has 0 spiro atoms. The summed E-state index contributed by atoms with van der Waals surface area (Å²) in [4.78, 5) is 17.5. The third-order valence-electron chi connectivity index (χ3n) is 3.30. The average molecular weight is 344 g/mol. The third-order valence-corrected chi connectivity index (χ3v) is 5.31. The Morgan fingerprint density at radius 3 is 2.91 bits per heavy atom. The van der Waals surface area contributed by atoms with Crippen LogP contribution in [0.15, 0.2) is 52.0 Å². The number of thiophene rings is 1. The van der Waals surface area contributed by atoms with Gasteiger partial charge in [0.15, 0.2) is 5.16 Å². The molecule has 0 aliphatic carbocycles. The van der Waals surface area contributed by atoms with Crippen LogP contribution in [0.3, 0.4) is 0 Å². The largest absolute Gasteiger partial charge is 0.322 e. The Morgan fingerprint density at radius 1 is 1.35 bits per heavy atom. The van der Waals surface area contributed by atoms with Crippen molar-refractivity contribution in [1.29, 1.82) is 0 Å². The molecule has 118 valence electrons. The van der Waals surface area contributed by atoms with E-state index < -0.39 is 0 Å². The van der Waals surface area contributed by atoms with Crippen LogP contribution >= 0.6 is 23.1 Å². The van der Waals surface area contributed by atoms with Gasteiger partial charge < -0.3 is 4.57 Å². The quantitative estimate of drug-likeness (QED) is 0.439. The highest BCUT2D eigenvalue weighted by atomic mass is 32.2. The Balaban J connectivity index is 1.60. The number of aromatic nitrogens is 2. The van der Waals surface area contributed by atoms with Crippen molar-refractivity contribution < 1.29 is 4.79 Å². The summed E-state index contributed by atoms with van der Waals surface area (Å²) in [5, 5.41) is 6.93. The van der Waals surface area contributed by atoms with E-state index in [0.29, 0.717) is 0 Å².